The van der Waals surface area contributed by atoms with Crippen LogP contribution in [0.25, 0.3) is 10.9 Å². The van der Waals surface area contributed by atoms with Crippen LogP contribution in [-0.4, -0.2) is 56.1 Å². The zero-order valence-corrected chi connectivity index (χ0v) is 20.9. The molecular weight excluding hydrogens is 464 g/mol. The van der Waals surface area contributed by atoms with Crippen LogP contribution in [0.1, 0.15) is 43.9 Å². The van der Waals surface area contributed by atoms with E-state index in [0.717, 1.165) is 29.3 Å². The summed E-state index contributed by atoms with van der Waals surface area (Å²) < 4.78 is 0. The zero-order valence-electron chi connectivity index (χ0n) is 20.9. The summed E-state index contributed by atoms with van der Waals surface area (Å²) in [5.41, 5.74) is 18.8. The van der Waals surface area contributed by atoms with E-state index in [0.29, 0.717) is 30.3 Å². The zero-order chi connectivity index (χ0) is 27.3. The van der Waals surface area contributed by atoms with Gasteiger partial charge in [0.2, 0.25) is 0 Å². The highest BCUT2D eigenvalue weighted by Gasteiger charge is 2.12. The smallest absolute Gasteiger partial charge is 0.303 e. The van der Waals surface area contributed by atoms with E-state index in [9.17, 15) is 15.0 Å². The Bertz CT molecular complexity index is 1070. The lowest BCUT2D eigenvalue weighted by Crippen LogP contribution is -2.19. The van der Waals surface area contributed by atoms with E-state index in [4.69, 9.17) is 32.5 Å². The van der Waals surface area contributed by atoms with Crippen molar-refractivity contribution in [3.63, 3.8) is 0 Å². The van der Waals surface area contributed by atoms with Crippen molar-refractivity contribution in [1.29, 1.82) is 0 Å². The number of aliphatic carboxylic acids is 1. The lowest BCUT2D eigenvalue weighted by molar-refractivity contribution is -0.138. The number of phenolic OH excluding ortho intramolecular Hbond substituents is 3. The fourth-order valence-electron chi connectivity index (χ4n) is 3.59. The van der Waals surface area contributed by atoms with Gasteiger partial charge in [0, 0.05) is 30.1 Å². The molecule has 1 aromatic heterocycles. The highest BCUT2D eigenvalue weighted by molar-refractivity contribution is 5.84. The fourth-order valence-corrected chi connectivity index (χ4v) is 3.59. The lowest BCUT2D eigenvalue weighted by Gasteiger charge is -2.13. The summed E-state index contributed by atoms with van der Waals surface area (Å²) in [6.07, 6.45) is 3.09. The summed E-state index contributed by atoms with van der Waals surface area (Å²) in [5, 5.41) is 46.0. The average Bonchev–Trinajstić information content (AvgIpc) is 3.22. The molecular formula is C26H40N4O6. The molecule has 0 amide bonds. The number of rotatable bonds is 9. The van der Waals surface area contributed by atoms with Crippen LogP contribution in [0.5, 0.6) is 17.2 Å². The highest BCUT2D eigenvalue weighted by atomic mass is 16.4. The summed E-state index contributed by atoms with van der Waals surface area (Å²) in [5.74, 6) is -0.232. The Hall–Kier alpha value is -3.31. The molecule has 0 unspecified atom stereocenters. The average molecular weight is 505 g/mol. The maximum absolute atomic E-state index is 10.3. The third kappa shape index (κ3) is 10.5. The highest BCUT2D eigenvalue weighted by Crippen LogP contribution is 2.27. The molecule has 0 radical (unpaired) electrons. The third-order valence-corrected chi connectivity index (χ3v) is 5.37. The minimum Gasteiger partial charge on any atom is -0.508 e. The molecule has 0 fully saturated rings. The number of H-pyrrole nitrogens is 1. The number of aromatic nitrogens is 1. The summed E-state index contributed by atoms with van der Waals surface area (Å²) in [4.78, 5) is 13.4. The number of carboxylic acids is 1. The molecule has 0 aliphatic rings. The van der Waals surface area contributed by atoms with E-state index >= 15 is 0 Å². The molecule has 0 aliphatic heterocycles. The Morgan fingerprint density at radius 3 is 2.19 bits per heavy atom. The minimum absolute atomic E-state index is 0.0875. The van der Waals surface area contributed by atoms with Crippen molar-refractivity contribution in [2.75, 3.05) is 19.6 Å². The standard InChI is InChI=1S/C10H12N2O.C8H11NO3.C8H17NO2/c11-4-3-7-6-12-10-2-1-8(13)5-9(7)10;9-4-8(12)5-1-2-6(10)7(11)3-5;1-6(2)3-7(5-9)4-8(10)11/h1-2,5-6,12-13H,3-4,11H2;1-3,8,10-12H,4,9H2;6-7H,3-5,9H2,1-2H3,(H,10,11)/t;8-;7-/m.00/s1. The van der Waals surface area contributed by atoms with Gasteiger partial charge in [-0.25, -0.2) is 0 Å². The molecule has 2 aromatic carbocycles. The molecule has 2 atom stereocenters. The number of fused-ring (bicyclic) bond motifs is 1. The number of phenols is 3. The van der Waals surface area contributed by atoms with Gasteiger partial charge >= 0.3 is 5.97 Å². The van der Waals surface area contributed by atoms with E-state index in [-0.39, 0.29) is 30.4 Å². The van der Waals surface area contributed by atoms with Crippen LogP contribution in [0.15, 0.2) is 42.6 Å². The number of aliphatic hydroxyl groups is 1. The first kappa shape index (κ1) is 30.7. The van der Waals surface area contributed by atoms with Crippen molar-refractivity contribution in [1.82, 2.24) is 4.98 Å². The molecule has 12 N–H and O–H groups in total. The number of aliphatic hydroxyl groups excluding tert-OH is 1. The van der Waals surface area contributed by atoms with Gasteiger partial charge in [0.25, 0.3) is 0 Å². The van der Waals surface area contributed by atoms with Crippen molar-refractivity contribution in [2.45, 2.75) is 39.2 Å². The van der Waals surface area contributed by atoms with Crippen LogP contribution in [0.2, 0.25) is 0 Å². The van der Waals surface area contributed by atoms with Gasteiger partial charge in [-0.2, -0.15) is 0 Å². The fraction of sp³-hybridized carbons (Fsp3) is 0.423. The molecule has 0 aliphatic carbocycles. The summed E-state index contributed by atoms with van der Waals surface area (Å²) in [6, 6.07) is 9.40. The van der Waals surface area contributed by atoms with Crippen LogP contribution in [0, 0.1) is 11.8 Å². The van der Waals surface area contributed by atoms with Crippen LogP contribution in [0.4, 0.5) is 0 Å². The number of nitrogens with two attached hydrogens (primary N) is 3. The van der Waals surface area contributed by atoms with Gasteiger partial charge < -0.3 is 47.7 Å². The van der Waals surface area contributed by atoms with Crippen molar-refractivity contribution < 1.29 is 30.3 Å². The quantitative estimate of drug-likeness (QED) is 0.196. The van der Waals surface area contributed by atoms with Crippen molar-refractivity contribution >= 4 is 16.9 Å². The molecule has 0 bridgehead atoms. The maximum Gasteiger partial charge on any atom is 0.303 e. The molecule has 0 saturated heterocycles. The van der Waals surface area contributed by atoms with E-state index in [1.54, 1.807) is 12.1 Å². The summed E-state index contributed by atoms with van der Waals surface area (Å²) in [6.45, 7) is 5.34. The number of hydrogen-bond donors (Lipinski definition) is 9. The molecule has 200 valence electrons. The van der Waals surface area contributed by atoms with Gasteiger partial charge in [-0.15, -0.1) is 0 Å². The number of aromatic hydroxyl groups is 3. The van der Waals surface area contributed by atoms with E-state index in [2.05, 4.69) is 18.8 Å². The first-order valence-corrected chi connectivity index (χ1v) is 11.8. The Labute approximate surface area is 211 Å². The number of carbonyl (C=O) groups is 1. The van der Waals surface area contributed by atoms with Gasteiger partial charge in [-0.1, -0.05) is 19.9 Å². The Balaban J connectivity index is 0.000000272. The molecule has 3 aromatic rings. The molecule has 0 saturated carbocycles. The second kappa shape index (κ2) is 15.6. The molecule has 0 spiro atoms. The molecule has 10 nitrogen and oxygen atoms in total. The topological polar surface area (TPSA) is 212 Å². The largest absolute Gasteiger partial charge is 0.508 e. The predicted molar refractivity (Wildman–Crippen MR) is 141 cm³/mol. The van der Waals surface area contributed by atoms with Gasteiger partial charge in [-0.05, 0) is 79.2 Å². The van der Waals surface area contributed by atoms with Crippen LogP contribution in [0.3, 0.4) is 0 Å². The van der Waals surface area contributed by atoms with Crippen LogP contribution < -0.4 is 17.2 Å². The first-order chi connectivity index (χ1) is 17.0. The van der Waals surface area contributed by atoms with E-state index in [1.807, 2.05) is 12.3 Å². The van der Waals surface area contributed by atoms with Crippen LogP contribution >= 0.6 is 0 Å². The van der Waals surface area contributed by atoms with E-state index < -0.39 is 12.1 Å². The number of carboxylic acid groups (broad SMARTS) is 1. The second-order valence-corrected chi connectivity index (χ2v) is 8.91. The summed E-state index contributed by atoms with van der Waals surface area (Å²) in [7, 11) is 0. The van der Waals surface area contributed by atoms with E-state index in [1.165, 1.54) is 18.2 Å². The Morgan fingerprint density at radius 1 is 0.972 bits per heavy atom. The monoisotopic (exact) mass is 504 g/mol. The van der Waals surface area contributed by atoms with Gasteiger partial charge in [-0.3, -0.25) is 4.79 Å². The second-order valence-electron chi connectivity index (χ2n) is 8.91. The Kier molecular flexibility index (Phi) is 13.3. The molecule has 3 rings (SSSR count). The first-order valence-electron chi connectivity index (χ1n) is 11.8. The maximum atomic E-state index is 10.3. The molecule has 10 heteroatoms. The number of aromatic amines is 1. The number of hydrogen-bond acceptors (Lipinski definition) is 8. The van der Waals surface area contributed by atoms with Gasteiger partial charge in [0.1, 0.15) is 5.75 Å². The third-order valence-electron chi connectivity index (χ3n) is 5.37. The molecule has 36 heavy (non-hydrogen) atoms. The Morgan fingerprint density at radius 2 is 1.67 bits per heavy atom. The van der Waals surface area contributed by atoms with Crippen molar-refractivity contribution in [3.05, 3.63) is 53.7 Å². The normalized spacial score (nSPS) is 12.3. The lowest BCUT2D eigenvalue weighted by atomic mass is 9.94. The minimum atomic E-state index is -0.795. The van der Waals surface area contributed by atoms with Crippen molar-refractivity contribution in [3.8, 4) is 17.2 Å². The van der Waals surface area contributed by atoms with Gasteiger partial charge in [0.15, 0.2) is 11.5 Å². The number of nitrogens with one attached hydrogen (secondary N) is 1. The molecule has 1 heterocycles. The SMILES string of the molecule is CC(C)C[C@H](CN)CC(=O)O.NCCc1c[nH]c2ccc(O)cc12.NC[C@H](O)c1ccc(O)c(O)c1. The number of benzene rings is 2. The summed E-state index contributed by atoms with van der Waals surface area (Å²) >= 11 is 0. The van der Waals surface area contributed by atoms with Crippen LogP contribution in [-0.2, 0) is 11.2 Å². The van der Waals surface area contributed by atoms with Crippen molar-refractivity contribution in [2.24, 2.45) is 29.0 Å². The van der Waals surface area contributed by atoms with Gasteiger partial charge in [0.05, 0.1) is 6.10 Å². The predicted octanol–water partition coefficient (Wildman–Crippen LogP) is 2.55.